The molecular formula is C12H14N2O2. The van der Waals surface area contributed by atoms with Gasteiger partial charge in [0.05, 0.1) is 12.8 Å². The van der Waals surface area contributed by atoms with Crippen LogP contribution in [0.2, 0.25) is 0 Å². The molecule has 1 heterocycles. The predicted octanol–water partition coefficient (Wildman–Crippen LogP) is 1.70. The molecule has 2 rings (SSSR count). The van der Waals surface area contributed by atoms with Gasteiger partial charge in [-0.05, 0) is 19.1 Å². The monoisotopic (exact) mass is 218 g/mol. The molecule has 0 unspecified atom stereocenters. The normalized spacial score (nSPS) is 10.4. The minimum atomic E-state index is -0.0130. The zero-order valence-corrected chi connectivity index (χ0v) is 9.57. The van der Waals surface area contributed by atoms with Crippen LogP contribution in [0.15, 0.2) is 29.1 Å². The van der Waals surface area contributed by atoms with Crippen molar-refractivity contribution in [3.8, 4) is 17.0 Å². The van der Waals surface area contributed by atoms with E-state index in [0.717, 1.165) is 17.0 Å². The van der Waals surface area contributed by atoms with Gasteiger partial charge in [0.1, 0.15) is 5.75 Å². The van der Waals surface area contributed by atoms with Gasteiger partial charge in [0, 0.05) is 18.2 Å². The number of benzene rings is 1. The fourth-order valence-corrected chi connectivity index (χ4v) is 1.77. The third-order valence-corrected chi connectivity index (χ3v) is 2.66. The number of methoxy groups -OCH3 is 1. The number of aromatic nitrogens is 2. The van der Waals surface area contributed by atoms with E-state index in [9.17, 15) is 4.79 Å². The molecule has 0 radical (unpaired) electrons. The van der Waals surface area contributed by atoms with Crippen LogP contribution in [0, 0.1) is 6.92 Å². The summed E-state index contributed by atoms with van der Waals surface area (Å²) in [5.41, 5.74) is 2.40. The Morgan fingerprint density at radius 3 is 2.56 bits per heavy atom. The highest BCUT2D eigenvalue weighted by Gasteiger charge is 2.13. The number of ether oxygens (including phenoxy) is 1. The van der Waals surface area contributed by atoms with Gasteiger partial charge in [-0.2, -0.15) is 0 Å². The Morgan fingerprint density at radius 1 is 1.31 bits per heavy atom. The number of H-pyrrole nitrogens is 1. The number of rotatable bonds is 2. The van der Waals surface area contributed by atoms with E-state index >= 15 is 0 Å². The van der Waals surface area contributed by atoms with E-state index in [4.69, 9.17) is 4.74 Å². The topological polar surface area (TPSA) is 47.0 Å². The molecule has 0 aliphatic carbocycles. The average molecular weight is 218 g/mol. The maximum Gasteiger partial charge on any atom is 0.269 e. The number of aromatic amines is 1. The van der Waals surface area contributed by atoms with Crippen molar-refractivity contribution < 1.29 is 4.74 Å². The van der Waals surface area contributed by atoms with Crippen LogP contribution in [0.5, 0.6) is 5.75 Å². The fraction of sp³-hybridized carbons (Fsp3) is 0.250. The van der Waals surface area contributed by atoms with E-state index in [-0.39, 0.29) is 5.56 Å². The first-order valence-corrected chi connectivity index (χ1v) is 5.04. The predicted molar refractivity (Wildman–Crippen MR) is 62.8 cm³/mol. The maximum atomic E-state index is 11.7. The van der Waals surface area contributed by atoms with E-state index in [2.05, 4.69) is 5.10 Å². The van der Waals surface area contributed by atoms with Gasteiger partial charge in [-0.1, -0.05) is 12.1 Å². The largest absolute Gasteiger partial charge is 0.496 e. The molecule has 0 saturated heterocycles. The molecular weight excluding hydrogens is 204 g/mol. The van der Waals surface area contributed by atoms with Gasteiger partial charge in [-0.15, -0.1) is 0 Å². The lowest BCUT2D eigenvalue weighted by Crippen LogP contribution is -2.12. The first kappa shape index (κ1) is 10.5. The van der Waals surface area contributed by atoms with Crippen molar-refractivity contribution in [2.24, 2.45) is 7.05 Å². The summed E-state index contributed by atoms with van der Waals surface area (Å²) in [5.74, 6) is 0.757. The molecule has 0 bridgehead atoms. The molecule has 0 fully saturated rings. The summed E-state index contributed by atoms with van der Waals surface area (Å²) >= 11 is 0. The number of nitrogens with one attached hydrogen (secondary N) is 1. The van der Waals surface area contributed by atoms with Crippen LogP contribution < -0.4 is 10.3 Å². The summed E-state index contributed by atoms with van der Waals surface area (Å²) in [6.45, 7) is 1.81. The highest BCUT2D eigenvalue weighted by atomic mass is 16.5. The van der Waals surface area contributed by atoms with Crippen LogP contribution in [-0.4, -0.2) is 16.9 Å². The molecule has 84 valence electrons. The van der Waals surface area contributed by atoms with E-state index in [0.29, 0.717) is 5.56 Å². The Balaban J connectivity index is 2.67. The fourth-order valence-electron chi connectivity index (χ4n) is 1.77. The number of aryl methyl sites for hydroxylation is 1. The molecule has 16 heavy (non-hydrogen) atoms. The van der Waals surface area contributed by atoms with Crippen LogP contribution in [0.1, 0.15) is 5.56 Å². The van der Waals surface area contributed by atoms with Crippen molar-refractivity contribution in [2.45, 2.75) is 6.92 Å². The number of para-hydroxylation sites is 1. The van der Waals surface area contributed by atoms with Crippen molar-refractivity contribution in [1.82, 2.24) is 9.78 Å². The third-order valence-electron chi connectivity index (χ3n) is 2.66. The van der Waals surface area contributed by atoms with Crippen LogP contribution in [0.3, 0.4) is 0 Å². The zero-order chi connectivity index (χ0) is 11.7. The van der Waals surface area contributed by atoms with Crippen LogP contribution in [0.25, 0.3) is 11.3 Å². The van der Waals surface area contributed by atoms with Gasteiger partial charge in [0.25, 0.3) is 5.56 Å². The Bertz CT molecular complexity index is 567. The number of nitrogens with zero attached hydrogens (tertiary/aromatic N) is 1. The number of hydrogen-bond donors (Lipinski definition) is 1. The average Bonchev–Trinajstić information content (AvgIpc) is 2.57. The highest BCUT2D eigenvalue weighted by Crippen LogP contribution is 2.28. The standard InChI is InChI=1S/C12H14N2O2/c1-8-11(13-14(2)12(8)15)9-6-4-5-7-10(9)16-3/h4-7,13H,1-3H3. The minimum Gasteiger partial charge on any atom is -0.496 e. The van der Waals surface area contributed by atoms with E-state index in [1.54, 1.807) is 21.1 Å². The Morgan fingerprint density at radius 2 is 2.00 bits per heavy atom. The van der Waals surface area contributed by atoms with Crippen molar-refractivity contribution in [3.63, 3.8) is 0 Å². The van der Waals surface area contributed by atoms with E-state index < -0.39 is 0 Å². The Kier molecular flexibility index (Phi) is 2.56. The zero-order valence-electron chi connectivity index (χ0n) is 9.57. The SMILES string of the molecule is COc1ccccc1-c1[nH]n(C)c(=O)c1C. The van der Waals surface area contributed by atoms with Crippen molar-refractivity contribution in [1.29, 1.82) is 0 Å². The van der Waals surface area contributed by atoms with Gasteiger partial charge >= 0.3 is 0 Å². The van der Waals surface area contributed by atoms with Gasteiger partial charge in [0.2, 0.25) is 0 Å². The minimum absolute atomic E-state index is 0.0130. The van der Waals surface area contributed by atoms with Gasteiger partial charge in [-0.25, -0.2) is 0 Å². The molecule has 0 atom stereocenters. The second-order valence-corrected chi connectivity index (χ2v) is 3.68. The molecule has 0 spiro atoms. The summed E-state index contributed by atoms with van der Waals surface area (Å²) in [6, 6.07) is 7.62. The van der Waals surface area contributed by atoms with E-state index in [1.807, 2.05) is 24.3 Å². The summed E-state index contributed by atoms with van der Waals surface area (Å²) < 4.78 is 6.74. The molecule has 2 aromatic rings. The van der Waals surface area contributed by atoms with Gasteiger partial charge in [-0.3, -0.25) is 14.6 Å². The first-order chi connectivity index (χ1) is 7.65. The summed E-state index contributed by atoms with van der Waals surface area (Å²) in [4.78, 5) is 11.7. The van der Waals surface area contributed by atoms with Crippen molar-refractivity contribution in [3.05, 3.63) is 40.2 Å². The van der Waals surface area contributed by atoms with Crippen LogP contribution in [-0.2, 0) is 7.05 Å². The smallest absolute Gasteiger partial charge is 0.269 e. The first-order valence-electron chi connectivity index (χ1n) is 5.04. The molecule has 0 amide bonds. The lowest BCUT2D eigenvalue weighted by molar-refractivity contribution is 0.416. The summed E-state index contributed by atoms with van der Waals surface area (Å²) in [7, 11) is 3.32. The molecule has 0 aliphatic heterocycles. The van der Waals surface area contributed by atoms with Crippen LogP contribution in [0.4, 0.5) is 0 Å². The lowest BCUT2D eigenvalue weighted by atomic mass is 10.1. The molecule has 1 N–H and O–H groups in total. The lowest BCUT2D eigenvalue weighted by Gasteiger charge is -2.06. The quantitative estimate of drug-likeness (QED) is 0.833. The number of hydrogen-bond acceptors (Lipinski definition) is 2. The van der Waals surface area contributed by atoms with Crippen molar-refractivity contribution in [2.75, 3.05) is 7.11 Å². The maximum absolute atomic E-state index is 11.7. The molecule has 1 aromatic carbocycles. The van der Waals surface area contributed by atoms with Gasteiger partial charge in [0.15, 0.2) is 0 Å². The van der Waals surface area contributed by atoms with Crippen molar-refractivity contribution >= 4 is 0 Å². The molecule has 0 saturated carbocycles. The second-order valence-electron chi connectivity index (χ2n) is 3.68. The summed E-state index contributed by atoms with van der Waals surface area (Å²) in [6.07, 6.45) is 0. The summed E-state index contributed by atoms with van der Waals surface area (Å²) in [5, 5.41) is 3.03. The van der Waals surface area contributed by atoms with E-state index in [1.165, 1.54) is 4.68 Å². The molecule has 4 nitrogen and oxygen atoms in total. The Hall–Kier alpha value is -1.97. The highest BCUT2D eigenvalue weighted by molar-refractivity contribution is 5.69. The molecule has 0 aliphatic rings. The molecule has 1 aromatic heterocycles. The second kappa shape index (κ2) is 3.89. The third kappa shape index (κ3) is 1.52. The van der Waals surface area contributed by atoms with Gasteiger partial charge < -0.3 is 4.74 Å². The van der Waals surface area contributed by atoms with Crippen LogP contribution >= 0.6 is 0 Å². The Labute approximate surface area is 93.5 Å². The molecule has 4 heteroatoms.